The molecule has 0 amide bonds. The molecule has 0 fully saturated rings. The summed E-state index contributed by atoms with van der Waals surface area (Å²) in [6.45, 7) is 23.6. The quantitative estimate of drug-likeness (QED) is 0.123. The van der Waals surface area contributed by atoms with E-state index in [1.54, 1.807) is 0 Å². The molecular formula is C88H71N5O2Pt-2. The van der Waals surface area contributed by atoms with Gasteiger partial charge in [-0.05, 0) is 179 Å². The average molecular weight is 1430 g/mol. The van der Waals surface area contributed by atoms with E-state index in [1.165, 1.54) is 49.7 Å². The predicted octanol–water partition coefficient (Wildman–Crippen LogP) is 22.5. The Hall–Kier alpha value is -10.1. The number of ether oxygens (including phenoxy) is 1. The van der Waals surface area contributed by atoms with Crippen molar-refractivity contribution in [2.75, 3.05) is 0 Å². The number of hydrogen-bond donors (Lipinski definition) is 0. The molecule has 18 rings (SSSR count). The fourth-order valence-electron chi connectivity index (χ4n) is 15.6. The van der Waals surface area contributed by atoms with Crippen LogP contribution < -0.4 is 9.30 Å². The number of fused-ring (bicyclic) bond motifs is 17. The van der Waals surface area contributed by atoms with Gasteiger partial charge in [0.15, 0.2) is 0 Å². The Kier molecular flexibility index (Phi) is 13.3. The first-order chi connectivity index (χ1) is 45.8. The summed E-state index contributed by atoms with van der Waals surface area (Å²) >= 11 is 0. The number of furan rings is 1. The first-order valence-corrected chi connectivity index (χ1v) is 33.4. The van der Waals surface area contributed by atoms with Crippen molar-refractivity contribution in [1.29, 1.82) is 0 Å². The number of rotatable bonds is 6. The molecule has 5 aromatic heterocycles. The third kappa shape index (κ3) is 9.24. The van der Waals surface area contributed by atoms with E-state index < -0.39 is 0 Å². The van der Waals surface area contributed by atoms with E-state index in [9.17, 15) is 0 Å². The second kappa shape index (κ2) is 21.5. The second-order valence-corrected chi connectivity index (χ2v) is 29.8. The normalized spacial score (nSPS) is 14.1. The summed E-state index contributed by atoms with van der Waals surface area (Å²) in [6, 6.07) is 87.7. The van der Waals surface area contributed by atoms with Crippen LogP contribution >= 0.6 is 0 Å². The van der Waals surface area contributed by atoms with Gasteiger partial charge in [-0.2, -0.15) is 18.2 Å². The summed E-state index contributed by atoms with van der Waals surface area (Å²) in [6.07, 6.45) is 8.31. The van der Waals surface area contributed by atoms with Crippen molar-refractivity contribution < 1.29 is 34.8 Å². The zero-order valence-electron chi connectivity index (χ0n) is 55.6. The maximum absolute atomic E-state index is 7.04. The van der Waals surface area contributed by atoms with Gasteiger partial charge in [-0.25, -0.2) is 4.98 Å². The summed E-state index contributed by atoms with van der Waals surface area (Å²) in [5, 5.41) is 6.75. The van der Waals surface area contributed by atoms with Crippen LogP contribution in [0.15, 0.2) is 229 Å². The maximum Gasteiger partial charge on any atom is 0.268 e. The molecular weight excluding hydrogens is 1350 g/mol. The van der Waals surface area contributed by atoms with E-state index in [2.05, 4.69) is 306 Å². The predicted molar refractivity (Wildman–Crippen MR) is 390 cm³/mol. The van der Waals surface area contributed by atoms with Crippen LogP contribution in [0.1, 0.15) is 104 Å². The van der Waals surface area contributed by atoms with Crippen molar-refractivity contribution in [2.24, 2.45) is 0 Å². The molecule has 0 radical (unpaired) electrons. The van der Waals surface area contributed by atoms with Crippen LogP contribution in [-0.4, -0.2) is 18.7 Å². The topological polar surface area (TPSA) is 53.9 Å². The van der Waals surface area contributed by atoms with Crippen LogP contribution in [0.25, 0.3) is 144 Å². The molecule has 0 atom stereocenters. The molecule has 11 aromatic carbocycles. The van der Waals surface area contributed by atoms with Crippen molar-refractivity contribution in [2.45, 2.75) is 104 Å². The van der Waals surface area contributed by atoms with Gasteiger partial charge in [-0.1, -0.05) is 196 Å². The fourth-order valence-corrected chi connectivity index (χ4v) is 15.6. The molecule has 1 aliphatic heterocycles. The summed E-state index contributed by atoms with van der Waals surface area (Å²) in [5.74, 6) is 1.94. The molecule has 8 heteroatoms. The third-order valence-electron chi connectivity index (χ3n) is 20.9. The minimum Gasteiger partial charge on any atom is -0.510 e. The molecule has 0 unspecified atom stereocenters. The molecule has 7 nitrogen and oxygen atoms in total. The number of nitrogens with zero attached hydrogens (tertiary/aromatic N) is 5. The molecule has 0 N–H and O–H groups in total. The summed E-state index contributed by atoms with van der Waals surface area (Å²) in [7, 11) is 0. The standard InChI is InChI=1S/C88H71N5O2.Pt/c1-85(2,3)55-38-41-89-82(47-55)93-76-32-19-15-28-64(76)65-36-35-59(49-77(65)93)94-58-23-21-22-57(48-58)90-52-91-83-70(43-54(44-78(83)90)53-34-37-81-69(42-53)66-29-16-20-33-80(66)95-81)61-25-12-11-24-60(61)67-50-72-73(88(9,10)40-39-87(72,7)8)51-68(67)71-45-56(86(4,5)6)46-79(84(71)91)92-74-30-17-13-26-62(74)63-27-14-18-31-75(63)92;/h11-38,41-47,50-51H,39-40H2,1-10H3;/q-2;. The largest absolute Gasteiger partial charge is 0.510 e. The Balaban J connectivity index is 0.00000697. The minimum atomic E-state index is -0.249. The molecule has 0 spiro atoms. The van der Waals surface area contributed by atoms with Crippen LogP contribution in [0.2, 0.25) is 0 Å². The van der Waals surface area contributed by atoms with E-state index >= 15 is 0 Å². The van der Waals surface area contributed by atoms with Crippen LogP contribution in [0, 0.1) is 18.5 Å². The van der Waals surface area contributed by atoms with Gasteiger partial charge >= 0.3 is 0 Å². The Bertz CT molecular complexity index is 5880. The molecule has 2 aliphatic rings. The van der Waals surface area contributed by atoms with Crippen LogP contribution in [0.4, 0.5) is 0 Å². The summed E-state index contributed by atoms with van der Waals surface area (Å²) < 4.78 is 22.9. The van der Waals surface area contributed by atoms with Crippen LogP contribution in [-0.2, 0) is 42.7 Å². The second-order valence-electron chi connectivity index (χ2n) is 29.8. The summed E-state index contributed by atoms with van der Waals surface area (Å²) in [5.41, 5.74) is 24.6. The Morgan fingerprint density at radius 1 is 0.458 bits per heavy atom. The van der Waals surface area contributed by atoms with Crippen LogP contribution in [0.5, 0.6) is 11.5 Å². The average Bonchev–Trinajstić information content (AvgIpc) is 1.40. The van der Waals surface area contributed by atoms with Gasteiger partial charge < -0.3 is 22.9 Å². The van der Waals surface area contributed by atoms with E-state index in [4.69, 9.17) is 14.1 Å². The SMILES string of the molecule is CC(C)(C)c1ccnc(-n2c3[c-]c(Oc4[c-]c(-n5[c-][n+]6c7c(cc(-c8ccc9oc%10ccccc%10c9c8)cc75)-c5ccccc5-c5cc7c(cc5-c5cc(C(C)(C)C)cc(-n8c9ccccc9c9ccccc98)c5-6)C(C)(C)CCC7(C)C)ccc4)ccc3c3ccccc32)c1.[Pt]. The molecule has 0 bridgehead atoms. The van der Waals surface area contributed by atoms with Gasteiger partial charge in [0.25, 0.3) is 6.33 Å². The zero-order chi connectivity index (χ0) is 64.6. The van der Waals surface area contributed by atoms with Gasteiger partial charge in [0.2, 0.25) is 0 Å². The Morgan fingerprint density at radius 3 is 1.74 bits per heavy atom. The zero-order valence-corrected chi connectivity index (χ0v) is 57.9. The van der Waals surface area contributed by atoms with E-state index in [0.717, 1.165) is 129 Å². The molecule has 6 heterocycles. The maximum atomic E-state index is 7.04. The van der Waals surface area contributed by atoms with Gasteiger partial charge in [0.1, 0.15) is 17.0 Å². The number of benzene rings is 11. The molecule has 1 aliphatic carbocycles. The first-order valence-electron chi connectivity index (χ1n) is 33.4. The van der Waals surface area contributed by atoms with Crippen molar-refractivity contribution in [3.05, 3.63) is 265 Å². The van der Waals surface area contributed by atoms with Gasteiger partial charge in [-0.3, -0.25) is 4.57 Å². The summed E-state index contributed by atoms with van der Waals surface area (Å²) in [4.78, 5) is 4.97. The monoisotopic (exact) mass is 1420 g/mol. The van der Waals surface area contributed by atoms with Crippen molar-refractivity contribution >= 4 is 76.6 Å². The third-order valence-corrected chi connectivity index (χ3v) is 20.9. The minimum absolute atomic E-state index is 0. The number of aromatic nitrogens is 5. The van der Waals surface area contributed by atoms with E-state index in [1.807, 2.05) is 24.4 Å². The number of para-hydroxylation sites is 4. The molecule has 472 valence electrons. The van der Waals surface area contributed by atoms with E-state index in [-0.39, 0.29) is 42.7 Å². The van der Waals surface area contributed by atoms with Crippen molar-refractivity contribution in [1.82, 2.24) is 18.7 Å². The Morgan fingerprint density at radius 2 is 1.05 bits per heavy atom. The first kappa shape index (κ1) is 59.7. The molecule has 0 saturated carbocycles. The van der Waals surface area contributed by atoms with Gasteiger partial charge in [0, 0.05) is 65.8 Å². The van der Waals surface area contributed by atoms with Crippen molar-refractivity contribution in [3.8, 4) is 78.9 Å². The molecule has 0 saturated heterocycles. The van der Waals surface area contributed by atoms with Gasteiger partial charge in [0.05, 0.1) is 33.4 Å². The molecule has 16 aromatic rings. The van der Waals surface area contributed by atoms with Gasteiger partial charge in [-0.15, -0.1) is 29.7 Å². The fraction of sp³-hybridized carbons (Fsp3) is 0.182. The molecule has 96 heavy (non-hydrogen) atoms. The Labute approximate surface area is 574 Å². The smallest absolute Gasteiger partial charge is 0.268 e. The number of imidazole rings is 1. The van der Waals surface area contributed by atoms with Crippen molar-refractivity contribution in [3.63, 3.8) is 0 Å². The van der Waals surface area contributed by atoms with Crippen LogP contribution in [0.3, 0.4) is 0 Å². The number of hydrogen-bond acceptors (Lipinski definition) is 3. The van der Waals surface area contributed by atoms with E-state index in [0.29, 0.717) is 11.5 Å². The number of pyridine rings is 1.